The molecule has 4 N–H and O–H groups in total. The van der Waals surface area contributed by atoms with Crippen molar-refractivity contribution in [2.24, 2.45) is 11.7 Å². The Morgan fingerprint density at radius 2 is 1.61 bits per heavy atom. The van der Waals surface area contributed by atoms with E-state index in [-0.39, 0.29) is 12.3 Å². The third-order valence-electron chi connectivity index (χ3n) is 6.58. The standard InChI is InChI=1S/C25H25N3O2S/c26-25(30)28-21(22-10-5-11-31-22)13-23(29)27-14-15-12-20-16-6-1-3-8-18(16)24(15)19-9-4-2-7-17(19)20/h1-11,15,20-21,24H,12-14H2,(H,27,29)(H3,26,28,30). The summed E-state index contributed by atoms with van der Waals surface area (Å²) in [7, 11) is 0. The zero-order valence-corrected chi connectivity index (χ0v) is 17.9. The van der Waals surface area contributed by atoms with Gasteiger partial charge in [0, 0.05) is 23.3 Å². The molecule has 158 valence electrons. The van der Waals surface area contributed by atoms with Crippen molar-refractivity contribution >= 4 is 23.3 Å². The number of urea groups is 1. The minimum atomic E-state index is -0.621. The SMILES string of the molecule is NC(=O)NC(CC(=O)NCC1CC2c3ccccc3C1c1ccccc12)c1cccs1. The second-order valence-corrected chi connectivity index (χ2v) is 9.35. The van der Waals surface area contributed by atoms with Gasteiger partial charge in [0.05, 0.1) is 12.5 Å². The molecule has 1 aromatic heterocycles. The predicted octanol–water partition coefficient (Wildman–Crippen LogP) is 4.26. The molecule has 0 spiro atoms. The number of primary amides is 1. The van der Waals surface area contributed by atoms with Crippen LogP contribution in [0.2, 0.25) is 0 Å². The van der Waals surface area contributed by atoms with E-state index >= 15 is 0 Å². The molecule has 2 atom stereocenters. The van der Waals surface area contributed by atoms with Gasteiger partial charge in [-0.15, -0.1) is 11.3 Å². The number of carbonyl (C=O) groups excluding carboxylic acids is 2. The van der Waals surface area contributed by atoms with Crippen molar-refractivity contribution in [3.8, 4) is 0 Å². The third-order valence-corrected chi connectivity index (χ3v) is 7.56. The van der Waals surface area contributed by atoms with E-state index in [9.17, 15) is 9.59 Å². The van der Waals surface area contributed by atoms with E-state index in [1.54, 1.807) is 0 Å². The van der Waals surface area contributed by atoms with Gasteiger partial charge in [-0.3, -0.25) is 4.79 Å². The summed E-state index contributed by atoms with van der Waals surface area (Å²) in [4.78, 5) is 25.1. The maximum atomic E-state index is 12.8. The van der Waals surface area contributed by atoms with Crippen LogP contribution in [-0.4, -0.2) is 18.5 Å². The number of hydrogen-bond donors (Lipinski definition) is 3. The van der Waals surface area contributed by atoms with E-state index in [4.69, 9.17) is 5.73 Å². The van der Waals surface area contributed by atoms with Gasteiger partial charge in [0.15, 0.2) is 0 Å². The fraction of sp³-hybridized carbons (Fsp3) is 0.280. The quantitative estimate of drug-likeness (QED) is 0.545. The van der Waals surface area contributed by atoms with E-state index in [1.807, 2.05) is 17.5 Å². The van der Waals surface area contributed by atoms with E-state index in [2.05, 4.69) is 59.2 Å². The molecule has 2 bridgehead atoms. The summed E-state index contributed by atoms with van der Waals surface area (Å²) < 4.78 is 0. The molecule has 2 aromatic carbocycles. The number of carbonyl (C=O) groups is 2. The average Bonchev–Trinajstić information content (AvgIpc) is 3.32. The van der Waals surface area contributed by atoms with Gasteiger partial charge in [0.1, 0.15) is 0 Å². The number of nitrogens with two attached hydrogens (primary N) is 1. The Bertz CT molecular complexity index is 1060. The monoisotopic (exact) mass is 431 g/mol. The van der Waals surface area contributed by atoms with Gasteiger partial charge >= 0.3 is 6.03 Å². The molecule has 0 radical (unpaired) electrons. The van der Waals surface area contributed by atoms with Gasteiger partial charge in [0.25, 0.3) is 0 Å². The second-order valence-electron chi connectivity index (χ2n) is 8.37. The number of hydrogen-bond acceptors (Lipinski definition) is 3. The van der Waals surface area contributed by atoms with Crippen molar-refractivity contribution < 1.29 is 9.59 Å². The molecule has 3 aromatic rings. The van der Waals surface area contributed by atoms with Crippen molar-refractivity contribution in [2.75, 3.05) is 6.54 Å². The molecular formula is C25H25N3O2S. The highest BCUT2D eigenvalue weighted by Crippen LogP contribution is 2.55. The molecule has 3 amide bonds. The number of fused-ring (bicyclic) bond motifs is 1. The van der Waals surface area contributed by atoms with Crippen LogP contribution in [-0.2, 0) is 4.79 Å². The summed E-state index contributed by atoms with van der Waals surface area (Å²) in [5.74, 6) is 0.961. The van der Waals surface area contributed by atoms with Crippen molar-refractivity contribution in [3.05, 3.63) is 93.2 Å². The van der Waals surface area contributed by atoms with Crippen molar-refractivity contribution in [1.82, 2.24) is 10.6 Å². The summed E-state index contributed by atoms with van der Waals surface area (Å²) in [5.41, 5.74) is 11.0. The molecule has 0 aliphatic heterocycles. The lowest BCUT2D eigenvalue weighted by atomic mass is 9.59. The first kappa shape index (κ1) is 19.8. The van der Waals surface area contributed by atoms with Gasteiger partial charge in [0.2, 0.25) is 5.91 Å². The van der Waals surface area contributed by atoms with E-state index < -0.39 is 12.1 Å². The van der Waals surface area contributed by atoms with Gasteiger partial charge in [-0.2, -0.15) is 0 Å². The van der Waals surface area contributed by atoms with E-state index in [0.29, 0.717) is 24.3 Å². The number of thiophene rings is 1. The Labute approximate surface area is 185 Å². The summed E-state index contributed by atoms with van der Waals surface area (Å²) in [6, 6.07) is 20.2. The van der Waals surface area contributed by atoms with E-state index in [0.717, 1.165) is 11.3 Å². The Kier molecular flexibility index (Phi) is 5.24. The first-order chi connectivity index (χ1) is 15.1. The molecule has 2 unspecified atom stereocenters. The molecule has 3 aliphatic carbocycles. The molecule has 3 aliphatic rings. The van der Waals surface area contributed by atoms with Crippen LogP contribution in [0.3, 0.4) is 0 Å². The van der Waals surface area contributed by atoms with Crippen LogP contribution in [0.25, 0.3) is 0 Å². The highest BCUT2D eigenvalue weighted by molar-refractivity contribution is 7.10. The van der Waals surface area contributed by atoms with Gasteiger partial charge in [-0.1, -0.05) is 54.6 Å². The van der Waals surface area contributed by atoms with Crippen molar-refractivity contribution in [1.29, 1.82) is 0 Å². The molecule has 0 saturated heterocycles. The van der Waals surface area contributed by atoms with Gasteiger partial charge in [-0.05, 0) is 46.0 Å². The summed E-state index contributed by atoms with van der Waals surface area (Å²) >= 11 is 1.51. The molecule has 5 nitrogen and oxygen atoms in total. The Morgan fingerprint density at radius 1 is 0.968 bits per heavy atom. The third kappa shape index (κ3) is 3.72. The summed E-state index contributed by atoms with van der Waals surface area (Å²) in [5, 5.41) is 7.76. The van der Waals surface area contributed by atoms with E-state index in [1.165, 1.54) is 33.6 Å². The van der Waals surface area contributed by atoms with Crippen LogP contribution in [0.4, 0.5) is 4.79 Å². The van der Waals surface area contributed by atoms with Gasteiger partial charge < -0.3 is 16.4 Å². The highest BCUT2D eigenvalue weighted by Gasteiger charge is 2.42. The maximum absolute atomic E-state index is 12.8. The molecule has 6 rings (SSSR count). The second kappa shape index (κ2) is 8.19. The lowest BCUT2D eigenvalue weighted by molar-refractivity contribution is -0.121. The van der Waals surface area contributed by atoms with Crippen LogP contribution in [0, 0.1) is 5.92 Å². The van der Waals surface area contributed by atoms with Crippen LogP contribution >= 0.6 is 11.3 Å². The lowest BCUT2D eigenvalue weighted by Crippen LogP contribution is -2.41. The molecule has 31 heavy (non-hydrogen) atoms. The first-order valence-electron chi connectivity index (χ1n) is 10.7. The smallest absolute Gasteiger partial charge is 0.312 e. The summed E-state index contributed by atoms with van der Waals surface area (Å²) in [6.45, 7) is 0.621. The van der Waals surface area contributed by atoms with Crippen LogP contribution in [0.15, 0.2) is 66.0 Å². The summed E-state index contributed by atoms with van der Waals surface area (Å²) in [6.07, 6.45) is 1.21. The lowest BCUT2D eigenvalue weighted by Gasteiger charge is -2.45. The van der Waals surface area contributed by atoms with Gasteiger partial charge in [-0.25, -0.2) is 4.79 Å². The maximum Gasteiger partial charge on any atom is 0.312 e. The van der Waals surface area contributed by atoms with Crippen molar-refractivity contribution in [3.63, 3.8) is 0 Å². The number of rotatable bonds is 6. The zero-order chi connectivity index (χ0) is 21.4. The zero-order valence-electron chi connectivity index (χ0n) is 17.1. The largest absolute Gasteiger partial charge is 0.356 e. The Hall–Kier alpha value is -3.12. The predicted molar refractivity (Wildman–Crippen MR) is 122 cm³/mol. The molecule has 0 saturated carbocycles. The fourth-order valence-corrected chi connectivity index (χ4v) is 6.12. The molecular weight excluding hydrogens is 406 g/mol. The Balaban J connectivity index is 1.31. The number of amides is 3. The van der Waals surface area contributed by atoms with Crippen LogP contribution < -0.4 is 16.4 Å². The van der Waals surface area contributed by atoms with Crippen molar-refractivity contribution in [2.45, 2.75) is 30.7 Å². The fourth-order valence-electron chi connectivity index (χ4n) is 5.35. The van der Waals surface area contributed by atoms with Crippen LogP contribution in [0.1, 0.15) is 57.9 Å². The molecule has 0 fully saturated rings. The molecule has 1 heterocycles. The Morgan fingerprint density at radius 3 is 2.19 bits per heavy atom. The normalized spacial score (nSPS) is 21.6. The highest BCUT2D eigenvalue weighted by atomic mass is 32.1. The topological polar surface area (TPSA) is 84.2 Å². The minimum absolute atomic E-state index is 0.0739. The van der Waals surface area contributed by atoms with Crippen LogP contribution in [0.5, 0.6) is 0 Å². The molecule has 6 heteroatoms. The average molecular weight is 432 g/mol. The number of benzene rings is 2. The number of nitrogens with one attached hydrogen (secondary N) is 2. The minimum Gasteiger partial charge on any atom is -0.356 e. The first-order valence-corrected chi connectivity index (χ1v) is 11.5.